The summed E-state index contributed by atoms with van der Waals surface area (Å²) in [5.41, 5.74) is 2.66. The number of hydrogen-bond donors (Lipinski definition) is 1. The van der Waals surface area contributed by atoms with Crippen LogP contribution in [0.5, 0.6) is 0 Å². The maximum Gasteiger partial charge on any atom is 0.0624 e. The van der Waals surface area contributed by atoms with Gasteiger partial charge in [-0.3, -0.25) is 4.68 Å². The van der Waals surface area contributed by atoms with E-state index in [9.17, 15) is 0 Å². The van der Waals surface area contributed by atoms with E-state index < -0.39 is 0 Å². The third kappa shape index (κ3) is 3.09. The second-order valence-electron chi connectivity index (χ2n) is 5.37. The van der Waals surface area contributed by atoms with Gasteiger partial charge in [-0.2, -0.15) is 5.10 Å². The van der Waals surface area contributed by atoms with E-state index in [1.54, 1.807) is 0 Å². The molecule has 1 saturated heterocycles. The lowest BCUT2D eigenvalue weighted by molar-refractivity contribution is 0.297. The van der Waals surface area contributed by atoms with E-state index in [2.05, 4.69) is 41.9 Å². The maximum absolute atomic E-state index is 4.63. The van der Waals surface area contributed by atoms with Crippen molar-refractivity contribution in [1.29, 1.82) is 0 Å². The van der Waals surface area contributed by atoms with Crippen LogP contribution in [0.4, 0.5) is 0 Å². The Labute approximate surface area is 105 Å². The molecular weight excluding hydrogens is 210 g/mol. The molecule has 1 fully saturated rings. The van der Waals surface area contributed by atoms with Crippen LogP contribution >= 0.6 is 0 Å². The van der Waals surface area contributed by atoms with E-state index in [1.165, 1.54) is 37.3 Å². The fourth-order valence-electron chi connectivity index (χ4n) is 2.85. The topological polar surface area (TPSA) is 29.9 Å². The van der Waals surface area contributed by atoms with Gasteiger partial charge in [-0.1, -0.05) is 13.8 Å². The largest absolute Gasteiger partial charge is 0.316 e. The second kappa shape index (κ2) is 5.67. The van der Waals surface area contributed by atoms with Gasteiger partial charge in [0.05, 0.1) is 5.69 Å². The summed E-state index contributed by atoms with van der Waals surface area (Å²) in [6.45, 7) is 10.0. The summed E-state index contributed by atoms with van der Waals surface area (Å²) in [6.07, 6.45) is 3.57. The first-order valence-electron chi connectivity index (χ1n) is 6.99. The van der Waals surface area contributed by atoms with Crippen molar-refractivity contribution < 1.29 is 0 Å². The summed E-state index contributed by atoms with van der Waals surface area (Å²) >= 11 is 0. The number of rotatable bonds is 4. The summed E-state index contributed by atoms with van der Waals surface area (Å²) in [6, 6.07) is 2.29. The Balaban J connectivity index is 2.03. The summed E-state index contributed by atoms with van der Waals surface area (Å²) in [7, 11) is 0. The van der Waals surface area contributed by atoms with Gasteiger partial charge in [0.1, 0.15) is 0 Å². The number of nitrogens with zero attached hydrogens (tertiary/aromatic N) is 2. The summed E-state index contributed by atoms with van der Waals surface area (Å²) < 4.78 is 2.18. The first-order chi connectivity index (χ1) is 8.22. The van der Waals surface area contributed by atoms with Gasteiger partial charge in [-0.15, -0.1) is 0 Å². The molecule has 2 rings (SSSR count). The minimum atomic E-state index is 0.783. The Morgan fingerprint density at radius 1 is 1.41 bits per heavy atom. The molecule has 17 heavy (non-hydrogen) atoms. The smallest absolute Gasteiger partial charge is 0.0624 e. The molecular formula is C14H25N3. The molecule has 0 spiro atoms. The maximum atomic E-state index is 4.63. The lowest BCUT2D eigenvalue weighted by atomic mass is 9.88. The highest BCUT2D eigenvalue weighted by atomic mass is 15.3. The number of hydrogen-bond acceptors (Lipinski definition) is 2. The molecule has 2 unspecified atom stereocenters. The predicted octanol–water partition coefficient (Wildman–Crippen LogP) is 2.25. The number of aromatic nitrogens is 2. The van der Waals surface area contributed by atoms with Crippen molar-refractivity contribution in [2.75, 3.05) is 13.1 Å². The van der Waals surface area contributed by atoms with Crippen LogP contribution in [0.1, 0.15) is 38.6 Å². The van der Waals surface area contributed by atoms with Crippen molar-refractivity contribution in [2.24, 2.45) is 11.8 Å². The van der Waals surface area contributed by atoms with E-state index in [4.69, 9.17) is 0 Å². The molecule has 2 heterocycles. The van der Waals surface area contributed by atoms with Crippen LogP contribution in [0, 0.1) is 11.8 Å². The number of aryl methyl sites for hydroxylation is 2. The van der Waals surface area contributed by atoms with Gasteiger partial charge < -0.3 is 5.32 Å². The fraction of sp³-hybridized carbons (Fsp3) is 0.786. The molecule has 0 aliphatic carbocycles. The molecule has 3 heteroatoms. The van der Waals surface area contributed by atoms with Crippen molar-refractivity contribution in [3.05, 3.63) is 17.5 Å². The van der Waals surface area contributed by atoms with Crippen LogP contribution in [0.3, 0.4) is 0 Å². The molecule has 1 aliphatic heterocycles. The van der Waals surface area contributed by atoms with E-state index in [1.807, 2.05) is 0 Å². The third-order valence-corrected chi connectivity index (χ3v) is 3.74. The normalized spacial score (nSPS) is 25.1. The van der Waals surface area contributed by atoms with Gasteiger partial charge in [0.15, 0.2) is 0 Å². The van der Waals surface area contributed by atoms with Gasteiger partial charge in [0, 0.05) is 12.2 Å². The highest BCUT2D eigenvalue weighted by molar-refractivity contribution is 5.11. The van der Waals surface area contributed by atoms with Crippen molar-refractivity contribution in [3.8, 4) is 0 Å². The van der Waals surface area contributed by atoms with Gasteiger partial charge in [0.25, 0.3) is 0 Å². The van der Waals surface area contributed by atoms with Gasteiger partial charge in [-0.05, 0) is 57.2 Å². The molecule has 2 atom stereocenters. The lowest BCUT2D eigenvalue weighted by Crippen LogP contribution is -2.36. The lowest BCUT2D eigenvalue weighted by Gasteiger charge is -2.27. The van der Waals surface area contributed by atoms with Crippen LogP contribution in [-0.2, 0) is 19.4 Å². The van der Waals surface area contributed by atoms with Crippen molar-refractivity contribution in [2.45, 2.75) is 46.6 Å². The molecule has 0 saturated carbocycles. The van der Waals surface area contributed by atoms with Crippen LogP contribution in [0.2, 0.25) is 0 Å². The number of piperidine rings is 1. The standard InChI is InChI=1S/C14H25N3/c1-4-13-8-14(17(5-2)16-13)7-12-6-11(3)9-15-10-12/h8,11-12,15H,4-7,9-10H2,1-3H3. The first-order valence-corrected chi connectivity index (χ1v) is 6.99. The Bertz CT molecular complexity index is 356. The van der Waals surface area contributed by atoms with Crippen LogP contribution in [-0.4, -0.2) is 22.9 Å². The fourth-order valence-corrected chi connectivity index (χ4v) is 2.85. The number of nitrogens with one attached hydrogen (secondary N) is 1. The highest BCUT2D eigenvalue weighted by Crippen LogP contribution is 2.20. The zero-order valence-corrected chi connectivity index (χ0v) is 11.4. The quantitative estimate of drug-likeness (QED) is 0.867. The van der Waals surface area contributed by atoms with Crippen LogP contribution in [0.15, 0.2) is 6.07 Å². The minimum Gasteiger partial charge on any atom is -0.316 e. The van der Waals surface area contributed by atoms with E-state index >= 15 is 0 Å². The minimum absolute atomic E-state index is 0.783. The molecule has 3 nitrogen and oxygen atoms in total. The molecule has 1 aliphatic rings. The van der Waals surface area contributed by atoms with Crippen molar-refractivity contribution in [1.82, 2.24) is 15.1 Å². The first kappa shape index (κ1) is 12.6. The molecule has 0 amide bonds. The molecule has 0 aromatic carbocycles. The average Bonchev–Trinajstić information content (AvgIpc) is 2.71. The van der Waals surface area contributed by atoms with Crippen LogP contribution in [0.25, 0.3) is 0 Å². The zero-order chi connectivity index (χ0) is 12.3. The van der Waals surface area contributed by atoms with Crippen LogP contribution < -0.4 is 5.32 Å². The zero-order valence-electron chi connectivity index (χ0n) is 11.4. The Hall–Kier alpha value is -0.830. The molecule has 1 aromatic heterocycles. The SMILES string of the molecule is CCc1cc(CC2CNCC(C)C2)n(CC)n1. The van der Waals surface area contributed by atoms with E-state index in [-0.39, 0.29) is 0 Å². The van der Waals surface area contributed by atoms with Crippen molar-refractivity contribution in [3.63, 3.8) is 0 Å². The van der Waals surface area contributed by atoms with E-state index in [0.29, 0.717) is 0 Å². The summed E-state index contributed by atoms with van der Waals surface area (Å²) in [5, 5.41) is 8.16. The predicted molar refractivity (Wildman–Crippen MR) is 71.1 cm³/mol. The average molecular weight is 235 g/mol. The Kier molecular flexibility index (Phi) is 4.21. The van der Waals surface area contributed by atoms with Gasteiger partial charge in [-0.25, -0.2) is 0 Å². The molecule has 0 radical (unpaired) electrons. The van der Waals surface area contributed by atoms with E-state index in [0.717, 1.165) is 24.8 Å². The van der Waals surface area contributed by atoms with Gasteiger partial charge in [0.2, 0.25) is 0 Å². The summed E-state index contributed by atoms with van der Waals surface area (Å²) in [5.74, 6) is 1.60. The molecule has 1 aromatic rings. The second-order valence-corrected chi connectivity index (χ2v) is 5.37. The van der Waals surface area contributed by atoms with Crippen molar-refractivity contribution >= 4 is 0 Å². The molecule has 0 bridgehead atoms. The summed E-state index contributed by atoms with van der Waals surface area (Å²) in [4.78, 5) is 0. The molecule has 1 N–H and O–H groups in total. The highest BCUT2D eigenvalue weighted by Gasteiger charge is 2.20. The molecule has 96 valence electrons. The Morgan fingerprint density at radius 3 is 2.88 bits per heavy atom. The monoisotopic (exact) mass is 235 g/mol. The Morgan fingerprint density at radius 2 is 2.24 bits per heavy atom. The third-order valence-electron chi connectivity index (χ3n) is 3.74. The van der Waals surface area contributed by atoms with Gasteiger partial charge >= 0.3 is 0 Å².